The minimum atomic E-state index is -3.96. The van der Waals surface area contributed by atoms with Crippen LogP contribution in [0, 0.1) is 22.7 Å². The minimum absolute atomic E-state index is 0.0218. The van der Waals surface area contributed by atoms with Gasteiger partial charge in [-0.2, -0.15) is 14.8 Å². The van der Waals surface area contributed by atoms with E-state index in [2.05, 4.69) is 0 Å². The lowest BCUT2D eigenvalue weighted by atomic mass is 10.1. The van der Waals surface area contributed by atoms with Crippen molar-refractivity contribution in [2.75, 3.05) is 13.1 Å². The smallest absolute Gasteiger partial charge is 0.241 e. The Kier molecular flexibility index (Phi) is 7.49. The van der Waals surface area contributed by atoms with E-state index in [0.717, 1.165) is 0 Å². The Bertz CT molecular complexity index is 744. The molecule has 24 heavy (non-hydrogen) atoms. The van der Waals surface area contributed by atoms with E-state index in [-0.39, 0.29) is 16.1 Å². The van der Waals surface area contributed by atoms with Crippen molar-refractivity contribution in [3.8, 4) is 12.1 Å². The number of sulfonamides is 1. The normalized spacial score (nSPS) is 12.8. The summed E-state index contributed by atoms with van der Waals surface area (Å²) in [4.78, 5) is 0. The van der Waals surface area contributed by atoms with E-state index in [1.807, 2.05) is 0 Å². The number of nitriles is 2. The van der Waals surface area contributed by atoms with Crippen molar-refractivity contribution in [3.05, 3.63) is 34.3 Å². The molecule has 0 fully saturated rings. The van der Waals surface area contributed by atoms with Crippen LogP contribution in [-0.4, -0.2) is 38.4 Å². The molecule has 0 bridgehead atoms. The van der Waals surface area contributed by atoms with Gasteiger partial charge in [-0.3, -0.25) is 0 Å². The first kappa shape index (κ1) is 20.2. The maximum Gasteiger partial charge on any atom is 0.269 e. The largest absolute Gasteiger partial charge is 0.269 e. The summed E-state index contributed by atoms with van der Waals surface area (Å²) in [5, 5.41) is 17.2. The van der Waals surface area contributed by atoms with Gasteiger partial charge in [-0.15, -0.1) is 0 Å². The van der Waals surface area contributed by atoms with E-state index in [1.165, 1.54) is 18.2 Å². The second-order valence-electron chi connectivity index (χ2n) is 4.82. The van der Waals surface area contributed by atoms with Crippen LogP contribution in [0.2, 0.25) is 5.02 Å². The number of rotatable bonds is 8. The molecular weight excluding hydrogens is 367 g/mol. The lowest BCUT2D eigenvalue weighted by Crippen LogP contribution is -2.33. The lowest BCUT2D eigenvalue weighted by molar-refractivity contribution is 0.0503. The summed E-state index contributed by atoms with van der Waals surface area (Å²) in [6.07, 6.45) is -5.99. The number of halogens is 4. The van der Waals surface area contributed by atoms with Crippen LogP contribution in [0.1, 0.15) is 11.1 Å². The molecule has 0 radical (unpaired) electrons. The van der Waals surface area contributed by atoms with Gasteiger partial charge >= 0.3 is 0 Å². The van der Waals surface area contributed by atoms with Gasteiger partial charge in [-0.1, -0.05) is 23.7 Å². The quantitative estimate of drug-likeness (QED) is 0.650. The van der Waals surface area contributed by atoms with Gasteiger partial charge < -0.3 is 0 Å². The predicted octanol–water partition coefficient (Wildman–Crippen LogP) is 2.66. The summed E-state index contributed by atoms with van der Waals surface area (Å²) in [5.41, 5.74) is 0.369. The van der Waals surface area contributed by atoms with E-state index in [4.69, 9.17) is 22.1 Å². The molecule has 1 rings (SSSR count). The average molecular weight is 380 g/mol. The summed E-state index contributed by atoms with van der Waals surface area (Å²) < 4.78 is 62.5. The molecule has 0 aromatic heterocycles. The monoisotopic (exact) mass is 379 g/mol. The summed E-state index contributed by atoms with van der Waals surface area (Å²) in [6, 6.07) is 7.13. The number of nitrogens with zero attached hydrogens (tertiary/aromatic N) is 3. The second kappa shape index (κ2) is 8.88. The molecule has 1 aromatic rings. The first-order valence-electron chi connectivity index (χ1n) is 6.62. The molecule has 0 aliphatic carbocycles. The Morgan fingerprint density at radius 1 is 1.17 bits per heavy atom. The first-order chi connectivity index (χ1) is 11.2. The summed E-state index contributed by atoms with van der Waals surface area (Å²) in [7, 11) is -3.96. The van der Waals surface area contributed by atoms with Gasteiger partial charge in [0.2, 0.25) is 10.0 Å². The zero-order valence-electron chi connectivity index (χ0n) is 12.3. The van der Waals surface area contributed by atoms with E-state index in [0.29, 0.717) is 4.31 Å². The molecule has 0 N–H and O–H groups in total. The number of hydrogen-bond acceptors (Lipinski definition) is 4. The lowest BCUT2D eigenvalue weighted by Gasteiger charge is -2.16. The van der Waals surface area contributed by atoms with Crippen LogP contribution < -0.4 is 0 Å². The molecule has 0 aliphatic rings. The molecule has 0 saturated carbocycles. The van der Waals surface area contributed by atoms with E-state index in [1.54, 1.807) is 12.1 Å². The van der Waals surface area contributed by atoms with Gasteiger partial charge in [0.05, 0.1) is 17.9 Å². The Morgan fingerprint density at radius 3 is 2.21 bits per heavy atom. The van der Waals surface area contributed by atoms with Gasteiger partial charge in [0.15, 0.2) is 6.17 Å². The highest BCUT2D eigenvalue weighted by atomic mass is 35.5. The van der Waals surface area contributed by atoms with Crippen molar-refractivity contribution >= 4 is 21.6 Å². The number of benzene rings is 1. The van der Waals surface area contributed by atoms with Gasteiger partial charge in [0, 0.05) is 11.4 Å². The van der Waals surface area contributed by atoms with Crippen molar-refractivity contribution in [1.82, 2.24) is 4.31 Å². The number of hydrogen-bond donors (Lipinski definition) is 0. The molecule has 0 aliphatic heterocycles. The van der Waals surface area contributed by atoms with Crippen LogP contribution >= 0.6 is 11.6 Å². The van der Waals surface area contributed by atoms with E-state index >= 15 is 0 Å². The highest BCUT2D eigenvalue weighted by molar-refractivity contribution is 7.88. The van der Waals surface area contributed by atoms with Crippen LogP contribution in [0.25, 0.3) is 0 Å². The third kappa shape index (κ3) is 5.68. The summed E-state index contributed by atoms with van der Waals surface area (Å²) >= 11 is 5.93. The Labute approximate surface area is 142 Å². The highest BCUT2D eigenvalue weighted by Crippen LogP contribution is 2.23. The maximum absolute atomic E-state index is 13.0. The third-order valence-electron chi connectivity index (χ3n) is 3.05. The van der Waals surface area contributed by atoms with Crippen LogP contribution in [-0.2, 0) is 22.2 Å². The fourth-order valence-corrected chi connectivity index (χ4v) is 3.53. The van der Waals surface area contributed by atoms with Crippen molar-refractivity contribution in [2.45, 2.75) is 24.8 Å². The second-order valence-corrected chi connectivity index (χ2v) is 7.20. The summed E-state index contributed by atoms with van der Waals surface area (Å²) in [6.45, 7) is -0.965. The van der Waals surface area contributed by atoms with Crippen LogP contribution in [0.15, 0.2) is 18.2 Å². The Balaban J connectivity index is 2.96. The molecule has 0 saturated heterocycles. The molecule has 1 aromatic carbocycles. The molecule has 1 unspecified atom stereocenters. The number of alkyl halides is 3. The fraction of sp³-hybridized carbons (Fsp3) is 0.429. The van der Waals surface area contributed by atoms with Crippen LogP contribution in [0.3, 0.4) is 0 Å². The van der Waals surface area contributed by atoms with Crippen molar-refractivity contribution in [1.29, 1.82) is 10.5 Å². The van der Waals surface area contributed by atoms with E-state index < -0.39 is 47.9 Å². The predicted molar refractivity (Wildman–Crippen MR) is 81.5 cm³/mol. The van der Waals surface area contributed by atoms with Crippen molar-refractivity contribution in [3.63, 3.8) is 0 Å². The molecule has 5 nitrogen and oxygen atoms in total. The third-order valence-corrected chi connectivity index (χ3v) is 5.12. The van der Waals surface area contributed by atoms with Crippen LogP contribution in [0.5, 0.6) is 0 Å². The molecule has 10 heteroatoms. The Morgan fingerprint density at radius 2 is 1.75 bits per heavy atom. The molecule has 130 valence electrons. The van der Waals surface area contributed by atoms with Gasteiger partial charge in [0.25, 0.3) is 6.43 Å². The van der Waals surface area contributed by atoms with Crippen molar-refractivity contribution < 1.29 is 21.6 Å². The highest BCUT2D eigenvalue weighted by Gasteiger charge is 2.24. The SMILES string of the molecule is N#CCN(CC#N)S(=O)(=O)Cc1ccc(CC(F)C(F)F)cc1Cl. The molecule has 0 spiro atoms. The van der Waals surface area contributed by atoms with Gasteiger partial charge in [-0.05, 0) is 17.2 Å². The fourth-order valence-electron chi connectivity index (χ4n) is 1.85. The zero-order chi connectivity index (χ0) is 18.3. The maximum atomic E-state index is 13.0. The van der Waals surface area contributed by atoms with Crippen LogP contribution in [0.4, 0.5) is 13.2 Å². The minimum Gasteiger partial charge on any atom is -0.241 e. The zero-order valence-corrected chi connectivity index (χ0v) is 13.9. The Hall–Kier alpha value is -1.81. The van der Waals surface area contributed by atoms with Crippen molar-refractivity contribution in [2.24, 2.45) is 0 Å². The standard InChI is InChI=1S/C14H13ClF3N3O2S/c15-12-7-10(8-13(16)14(17)18)1-2-11(12)9-24(22,23)21(5-3-19)6-4-20/h1-2,7,13-14H,5-6,8-9H2. The molecule has 1 atom stereocenters. The molecule has 0 heterocycles. The van der Waals surface area contributed by atoms with Gasteiger partial charge in [0.1, 0.15) is 13.1 Å². The van der Waals surface area contributed by atoms with Gasteiger partial charge in [-0.25, -0.2) is 21.6 Å². The first-order valence-corrected chi connectivity index (χ1v) is 8.61. The van der Waals surface area contributed by atoms with E-state index in [9.17, 15) is 21.6 Å². The average Bonchev–Trinajstić information content (AvgIpc) is 2.49. The molecule has 0 amide bonds. The topological polar surface area (TPSA) is 85.0 Å². The molecular formula is C14H13ClF3N3O2S. The summed E-state index contributed by atoms with van der Waals surface area (Å²) in [5.74, 6) is -0.566.